The lowest BCUT2D eigenvalue weighted by Gasteiger charge is -2.24. The Kier molecular flexibility index (Phi) is 30.5. The van der Waals surface area contributed by atoms with Gasteiger partial charge in [0.2, 0.25) is 5.88 Å². The van der Waals surface area contributed by atoms with Gasteiger partial charge in [-0.25, -0.2) is 9.78 Å². The summed E-state index contributed by atoms with van der Waals surface area (Å²) in [4.78, 5) is 17.2. The molecule has 9 heteroatoms. The van der Waals surface area contributed by atoms with Crippen LogP contribution in [0.25, 0.3) is 0 Å². The van der Waals surface area contributed by atoms with Gasteiger partial charge in [-0.3, -0.25) is 0 Å². The molecule has 8 nitrogen and oxygen atoms in total. The Balaban J connectivity index is -0.000000270. The molecule has 1 rings (SSSR count). The standard InChI is InChI=1S/C14H22N2O4.C4H10.C3H8BO2.C2H6.CH4/c1-14(2,3)20-13(17)16(4)8-9-19-11-6-7-12(18-5)15-10-11;1-3-4-2;1-3-6-4-5-2;1-2;/h6-7,10H,8-9H2,1-5H3;3-4H2,1-2H3;3H2,1-2H3;1-2H3;1H4. The maximum absolute atomic E-state index is 11.7. The first-order chi connectivity index (χ1) is 15.1. The van der Waals surface area contributed by atoms with Gasteiger partial charge in [-0.2, -0.15) is 0 Å². The molecule has 33 heavy (non-hydrogen) atoms. The molecule has 195 valence electrons. The van der Waals surface area contributed by atoms with E-state index in [1.54, 1.807) is 39.6 Å². The number of carbonyl (C=O) groups is 1. The van der Waals surface area contributed by atoms with Crippen molar-refractivity contribution in [1.82, 2.24) is 9.88 Å². The molecular weight excluding hydrogens is 423 g/mol. The first-order valence-electron chi connectivity index (χ1n) is 11.2. The van der Waals surface area contributed by atoms with Gasteiger partial charge in [0.25, 0.3) is 0 Å². The zero-order chi connectivity index (χ0) is 25.4. The third-order valence-corrected chi connectivity index (χ3v) is 3.15. The summed E-state index contributed by atoms with van der Waals surface area (Å²) in [7, 11) is 6.08. The van der Waals surface area contributed by atoms with E-state index in [4.69, 9.17) is 14.2 Å². The molecule has 0 fully saturated rings. The molecule has 1 aromatic heterocycles. The molecule has 0 aliphatic heterocycles. The van der Waals surface area contributed by atoms with Gasteiger partial charge in [0.1, 0.15) is 18.0 Å². The first-order valence-corrected chi connectivity index (χ1v) is 11.2. The first kappa shape index (κ1) is 38.3. The monoisotopic (exact) mass is 473 g/mol. The van der Waals surface area contributed by atoms with Crippen molar-refractivity contribution < 1.29 is 28.3 Å². The fourth-order valence-electron chi connectivity index (χ4n) is 1.44. The van der Waals surface area contributed by atoms with Crippen molar-refractivity contribution in [2.24, 2.45) is 0 Å². The summed E-state index contributed by atoms with van der Waals surface area (Å²) in [5.41, 5.74) is -0.494. The normalized spacial score (nSPS) is 9.18. The largest absolute Gasteiger partial charge is 0.490 e. The second kappa shape index (κ2) is 26.3. The van der Waals surface area contributed by atoms with Crippen molar-refractivity contribution in [3.8, 4) is 11.6 Å². The highest BCUT2D eigenvalue weighted by Gasteiger charge is 2.19. The number of carbonyl (C=O) groups excluding carboxylic acids is 1. The van der Waals surface area contributed by atoms with Gasteiger partial charge in [-0.1, -0.05) is 48.0 Å². The topological polar surface area (TPSA) is 79.4 Å². The van der Waals surface area contributed by atoms with Crippen LogP contribution < -0.4 is 9.47 Å². The lowest BCUT2D eigenvalue weighted by molar-refractivity contribution is 0.0278. The zero-order valence-electron chi connectivity index (χ0n) is 22.2. The van der Waals surface area contributed by atoms with E-state index in [2.05, 4.69) is 28.1 Å². The average molecular weight is 473 g/mol. The number of likely N-dealkylation sites (N-methyl/N-ethyl adjacent to an activating group) is 1. The van der Waals surface area contributed by atoms with Gasteiger partial charge in [0, 0.05) is 26.8 Å². The fourth-order valence-corrected chi connectivity index (χ4v) is 1.44. The van der Waals surface area contributed by atoms with Gasteiger partial charge in [-0.15, -0.1) is 0 Å². The highest BCUT2D eigenvalue weighted by molar-refractivity contribution is 6.17. The molecule has 0 saturated heterocycles. The summed E-state index contributed by atoms with van der Waals surface area (Å²) in [5.74, 6) is 1.16. The molecule has 0 unspecified atom stereocenters. The Hall–Kier alpha value is -2.00. The number of pyridine rings is 1. The van der Waals surface area contributed by atoms with Gasteiger partial charge in [0.15, 0.2) is 0 Å². The van der Waals surface area contributed by atoms with E-state index in [0.717, 1.165) is 0 Å². The van der Waals surface area contributed by atoms with Crippen molar-refractivity contribution in [3.05, 3.63) is 18.3 Å². The number of rotatable bonds is 9. The Morgan fingerprint density at radius 3 is 2.00 bits per heavy atom. The van der Waals surface area contributed by atoms with E-state index in [0.29, 0.717) is 31.4 Å². The Morgan fingerprint density at radius 1 is 1.09 bits per heavy atom. The molecule has 0 aliphatic carbocycles. The van der Waals surface area contributed by atoms with Crippen LogP contribution in [0.2, 0.25) is 0 Å². The van der Waals surface area contributed by atoms with Crippen LogP contribution in [0.15, 0.2) is 18.3 Å². The molecule has 0 saturated carbocycles. The van der Waals surface area contributed by atoms with Gasteiger partial charge in [0.05, 0.1) is 19.9 Å². The maximum atomic E-state index is 11.7. The SMILES string of the molecule is C.CC.CCCC.CCO[B]OC.COc1ccc(OCCN(C)C(=O)OC(C)(C)C)cn1. The number of nitrogens with zero attached hydrogens (tertiary/aromatic N) is 2. The van der Waals surface area contributed by atoms with Crippen molar-refractivity contribution >= 4 is 13.8 Å². The molecule has 0 N–H and O–H groups in total. The predicted molar refractivity (Wildman–Crippen MR) is 138 cm³/mol. The summed E-state index contributed by atoms with van der Waals surface area (Å²) in [6, 6.07) is 3.48. The lowest BCUT2D eigenvalue weighted by atomic mass is 10.2. The number of hydrogen-bond donors (Lipinski definition) is 0. The minimum atomic E-state index is -0.494. The number of unbranched alkanes of at least 4 members (excludes halogenated alkanes) is 1. The molecule has 0 spiro atoms. The highest BCUT2D eigenvalue weighted by atomic mass is 16.6. The molecule has 1 amide bonds. The smallest absolute Gasteiger partial charge is 0.487 e. The number of hydrogen-bond acceptors (Lipinski definition) is 7. The summed E-state index contributed by atoms with van der Waals surface area (Å²) >= 11 is 0. The molecule has 0 bridgehead atoms. The molecular formula is C24H50BN2O6. The average Bonchev–Trinajstić information content (AvgIpc) is 2.78. The van der Waals surface area contributed by atoms with Gasteiger partial charge < -0.3 is 28.4 Å². The van der Waals surface area contributed by atoms with E-state index in [9.17, 15) is 4.79 Å². The quantitative estimate of drug-likeness (QED) is 0.321. The summed E-state index contributed by atoms with van der Waals surface area (Å²) in [6.07, 6.45) is 3.85. The molecule has 1 radical (unpaired) electrons. The zero-order valence-corrected chi connectivity index (χ0v) is 22.2. The van der Waals surface area contributed by atoms with Crippen molar-refractivity contribution in [1.29, 1.82) is 0 Å². The third-order valence-electron chi connectivity index (χ3n) is 3.15. The Bertz CT molecular complexity index is 519. The second-order valence-electron chi connectivity index (χ2n) is 7.07. The van der Waals surface area contributed by atoms with E-state index < -0.39 is 5.60 Å². The summed E-state index contributed by atoms with van der Waals surface area (Å²) in [5, 5.41) is 0. The number of methoxy groups -OCH3 is 1. The minimum absolute atomic E-state index is 0. The van der Waals surface area contributed by atoms with Crippen LogP contribution in [0.4, 0.5) is 4.79 Å². The fraction of sp³-hybridized carbons (Fsp3) is 0.750. The Labute approximate surface area is 204 Å². The summed E-state index contributed by atoms with van der Waals surface area (Å²) < 4.78 is 24.7. The number of aromatic nitrogens is 1. The van der Waals surface area contributed by atoms with E-state index in [-0.39, 0.29) is 13.5 Å². The highest BCUT2D eigenvalue weighted by Crippen LogP contribution is 2.13. The van der Waals surface area contributed by atoms with Crippen LogP contribution in [0, 0.1) is 0 Å². The van der Waals surface area contributed by atoms with Crippen LogP contribution in [-0.4, -0.2) is 70.3 Å². The van der Waals surface area contributed by atoms with Crippen LogP contribution in [-0.2, 0) is 14.0 Å². The van der Waals surface area contributed by atoms with Gasteiger partial charge >= 0.3 is 13.8 Å². The molecule has 1 aromatic rings. The Morgan fingerprint density at radius 2 is 1.67 bits per heavy atom. The third kappa shape index (κ3) is 28.0. The van der Waals surface area contributed by atoms with Crippen LogP contribution in [0.1, 0.15) is 75.7 Å². The molecule has 0 aromatic carbocycles. The second-order valence-corrected chi connectivity index (χ2v) is 7.07. The number of amides is 1. The van der Waals surface area contributed by atoms with Crippen molar-refractivity contribution in [2.45, 2.75) is 81.3 Å². The van der Waals surface area contributed by atoms with E-state index in [1.165, 1.54) is 25.4 Å². The van der Waals surface area contributed by atoms with Crippen LogP contribution in [0.3, 0.4) is 0 Å². The van der Waals surface area contributed by atoms with Crippen molar-refractivity contribution in [2.75, 3.05) is 41.0 Å². The maximum Gasteiger partial charge on any atom is 0.487 e. The lowest BCUT2D eigenvalue weighted by Crippen LogP contribution is -2.36. The molecule has 0 atom stereocenters. The van der Waals surface area contributed by atoms with Gasteiger partial charge in [-0.05, 0) is 33.8 Å². The van der Waals surface area contributed by atoms with Crippen molar-refractivity contribution in [3.63, 3.8) is 0 Å². The molecule has 1 heterocycles. The van der Waals surface area contributed by atoms with E-state index in [1.807, 2.05) is 41.5 Å². The minimum Gasteiger partial charge on any atom is -0.490 e. The van der Waals surface area contributed by atoms with Crippen LogP contribution >= 0.6 is 0 Å². The number of ether oxygens (including phenoxy) is 3. The van der Waals surface area contributed by atoms with Crippen LogP contribution in [0.5, 0.6) is 11.6 Å². The van der Waals surface area contributed by atoms with E-state index >= 15 is 0 Å². The predicted octanol–water partition coefficient (Wildman–Crippen LogP) is 6.01. The summed E-state index contributed by atoms with van der Waals surface area (Å²) in [6.45, 7) is 17.2. The molecule has 0 aliphatic rings.